The SMILES string of the molecule is c1cncc(-c2nc3c(c(NCCn4cccn4)n2)CCNC3)c1. The van der Waals surface area contributed by atoms with Crippen molar-refractivity contribution in [2.75, 3.05) is 18.4 Å². The van der Waals surface area contributed by atoms with Crippen molar-refractivity contribution >= 4 is 5.82 Å². The second kappa shape index (κ2) is 6.76. The average molecular weight is 321 g/mol. The van der Waals surface area contributed by atoms with Gasteiger partial charge in [-0.2, -0.15) is 5.10 Å². The monoisotopic (exact) mass is 321 g/mol. The predicted octanol–water partition coefficient (Wildman–Crippen LogP) is 1.49. The second-order valence-corrected chi connectivity index (χ2v) is 5.69. The Balaban J connectivity index is 1.61. The van der Waals surface area contributed by atoms with Gasteiger partial charge >= 0.3 is 0 Å². The van der Waals surface area contributed by atoms with Gasteiger partial charge in [0.05, 0.1) is 12.2 Å². The molecule has 1 aliphatic heterocycles. The van der Waals surface area contributed by atoms with Gasteiger partial charge in [-0.25, -0.2) is 9.97 Å². The minimum Gasteiger partial charge on any atom is -0.368 e. The quantitative estimate of drug-likeness (QED) is 0.741. The summed E-state index contributed by atoms with van der Waals surface area (Å²) in [5.74, 6) is 1.64. The standard InChI is InChI=1S/C17H19N7/c1-3-13(11-18-5-1)16-22-15-12-19-7-4-14(15)17(23-16)20-8-10-24-9-2-6-21-24/h1-3,5-6,9,11,19H,4,7-8,10,12H2,(H,20,22,23). The van der Waals surface area contributed by atoms with Gasteiger partial charge in [-0.15, -0.1) is 0 Å². The number of rotatable bonds is 5. The van der Waals surface area contributed by atoms with Crippen molar-refractivity contribution in [2.45, 2.75) is 19.5 Å². The second-order valence-electron chi connectivity index (χ2n) is 5.69. The van der Waals surface area contributed by atoms with E-state index in [-0.39, 0.29) is 0 Å². The van der Waals surface area contributed by atoms with Crippen LogP contribution in [-0.4, -0.2) is 37.8 Å². The summed E-state index contributed by atoms with van der Waals surface area (Å²) in [5.41, 5.74) is 3.21. The fourth-order valence-electron chi connectivity index (χ4n) is 2.85. The molecule has 3 aromatic heterocycles. The molecule has 3 aromatic rings. The van der Waals surface area contributed by atoms with Crippen LogP contribution < -0.4 is 10.6 Å². The summed E-state index contributed by atoms with van der Waals surface area (Å²) in [6.45, 7) is 3.30. The van der Waals surface area contributed by atoms with E-state index in [0.29, 0.717) is 5.82 Å². The lowest BCUT2D eigenvalue weighted by Gasteiger charge is -2.20. The molecule has 4 heterocycles. The number of nitrogens with zero attached hydrogens (tertiary/aromatic N) is 5. The van der Waals surface area contributed by atoms with Crippen molar-refractivity contribution in [2.24, 2.45) is 0 Å². The number of hydrogen-bond donors (Lipinski definition) is 2. The predicted molar refractivity (Wildman–Crippen MR) is 91.4 cm³/mol. The first kappa shape index (κ1) is 14.8. The van der Waals surface area contributed by atoms with Crippen LogP contribution in [-0.2, 0) is 19.5 Å². The highest BCUT2D eigenvalue weighted by molar-refractivity contribution is 5.59. The third-order valence-electron chi connectivity index (χ3n) is 4.05. The first-order chi connectivity index (χ1) is 11.9. The topological polar surface area (TPSA) is 80.6 Å². The summed E-state index contributed by atoms with van der Waals surface area (Å²) in [4.78, 5) is 13.7. The molecule has 0 aliphatic carbocycles. The van der Waals surface area contributed by atoms with Gasteiger partial charge < -0.3 is 10.6 Å². The fourth-order valence-corrected chi connectivity index (χ4v) is 2.85. The summed E-state index contributed by atoms with van der Waals surface area (Å²) < 4.78 is 1.91. The number of aromatic nitrogens is 5. The minimum absolute atomic E-state index is 0.715. The molecule has 1 aliphatic rings. The Morgan fingerprint density at radius 3 is 3.04 bits per heavy atom. The largest absolute Gasteiger partial charge is 0.368 e. The Morgan fingerprint density at radius 2 is 2.21 bits per heavy atom. The Bertz CT molecular complexity index is 799. The van der Waals surface area contributed by atoms with Crippen molar-refractivity contribution in [1.82, 2.24) is 30.0 Å². The maximum Gasteiger partial charge on any atom is 0.163 e. The molecule has 0 radical (unpaired) electrons. The molecule has 0 atom stereocenters. The van der Waals surface area contributed by atoms with Crippen LogP contribution in [0.1, 0.15) is 11.3 Å². The number of hydrogen-bond acceptors (Lipinski definition) is 6. The number of fused-ring (bicyclic) bond motifs is 1. The maximum atomic E-state index is 4.76. The van der Waals surface area contributed by atoms with Gasteiger partial charge in [0.25, 0.3) is 0 Å². The third-order valence-corrected chi connectivity index (χ3v) is 4.05. The molecule has 0 amide bonds. The lowest BCUT2D eigenvalue weighted by molar-refractivity contribution is 0.619. The van der Waals surface area contributed by atoms with Gasteiger partial charge in [0.1, 0.15) is 5.82 Å². The average Bonchev–Trinajstić information content (AvgIpc) is 3.16. The summed E-state index contributed by atoms with van der Waals surface area (Å²) in [7, 11) is 0. The van der Waals surface area contributed by atoms with E-state index in [2.05, 4.69) is 20.7 Å². The Kier molecular flexibility index (Phi) is 4.16. The van der Waals surface area contributed by atoms with Gasteiger partial charge in [-0.3, -0.25) is 9.67 Å². The van der Waals surface area contributed by atoms with E-state index in [1.54, 1.807) is 18.6 Å². The first-order valence-corrected chi connectivity index (χ1v) is 8.12. The highest BCUT2D eigenvalue weighted by Gasteiger charge is 2.18. The summed E-state index contributed by atoms with van der Waals surface area (Å²) in [6.07, 6.45) is 8.24. The minimum atomic E-state index is 0.715. The van der Waals surface area contributed by atoms with Crippen molar-refractivity contribution in [1.29, 1.82) is 0 Å². The zero-order valence-electron chi connectivity index (χ0n) is 13.3. The van der Waals surface area contributed by atoms with Crippen molar-refractivity contribution in [3.05, 3.63) is 54.2 Å². The number of nitrogens with one attached hydrogen (secondary N) is 2. The zero-order chi connectivity index (χ0) is 16.2. The third kappa shape index (κ3) is 3.11. The van der Waals surface area contributed by atoms with E-state index in [0.717, 1.165) is 49.7 Å². The number of pyridine rings is 1. The normalized spacial score (nSPS) is 13.5. The first-order valence-electron chi connectivity index (χ1n) is 8.12. The summed E-state index contributed by atoms with van der Waals surface area (Å²) in [6, 6.07) is 5.82. The van der Waals surface area contributed by atoms with Crippen molar-refractivity contribution in [3.63, 3.8) is 0 Å². The van der Waals surface area contributed by atoms with Gasteiger partial charge in [-0.1, -0.05) is 0 Å². The molecular weight excluding hydrogens is 302 g/mol. The van der Waals surface area contributed by atoms with Crippen LogP contribution in [0.3, 0.4) is 0 Å². The molecular formula is C17H19N7. The Hall–Kier alpha value is -2.80. The molecule has 0 spiro atoms. The van der Waals surface area contributed by atoms with Crippen LogP contribution in [0.15, 0.2) is 43.0 Å². The van der Waals surface area contributed by atoms with Crippen LogP contribution in [0, 0.1) is 0 Å². The number of anilines is 1. The Labute approximate surface area is 140 Å². The van der Waals surface area contributed by atoms with Crippen molar-refractivity contribution < 1.29 is 0 Å². The van der Waals surface area contributed by atoms with E-state index < -0.39 is 0 Å². The molecule has 0 bridgehead atoms. The van der Waals surface area contributed by atoms with Gasteiger partial charge in [-0.05, 0) is 31.2 Å². The highest BCUT2D eigenvalue weighted by Crippen LogP contribution is 2.24. The maximum absolute atomic E-state index is 4.76. The molecule has 4 rings (SSSR count). The van der Waals surface area contributed by atoms with Crippen LogP contribution in [0.25, 0.3) is 11.4 Å². The van der Waals surface area contributed by atoms with E-state index in [1.165, 1.54) is 5.56 Å². The molecule has 0 saturated heterocycles. The van der Waals surface area contributed by atoms with Gasteiger partial charge in [0.2, 0.25) is 0 Å². The van der Waals surface area contributed by atoms with Crippen LogP contribution in [0.2, 0.25) is 0 Å². The van der Waals surface area contributed by atoms with E-state index in [1.807, 2.05) is 29.1 Å². The summed E-state index contributed by atoms with van der Waals surface area (Å²) in [5, 5.41) is 11.1. The Morgan fingerprint density at radius 1 is 1.21 bits per heavy atom. The molecule has 7 nitrogen and oxygen atoms in total. The van der Waals surface area contributed by atoms with Crippen LogP contribution in [0.4, 0.5) is 5.82 Å². The lowest BCUT2D eigenvalue weighted by Crippen LogP contribution is -2.27. The molecule has 0 fully saturated rings. The highest BCUT2D eigenvalue weighted by atomic mass is 15.3. The smallest absolute Gasteiger partial charge is 0.163 e. The van der Waals surface area contributed by atoms with Crippen LogP contribution >= 0.6 is 0 Å². The summed E-state index contributed by atoms with van der Waals surface area (Å²) >= 11 is 0. The molecule has 122 valence electrons. The molecule has 0 saturated carbocycles. The molecule has 7 heteroatoms. The van der Waals surface area contributed by atoms with E-state index >= 15 is 0 Å². The van der Waals surface area contributed by atoms with E-state index in [4.69, 9.17) is 9.97 Å². The van der Waals surface area contributed by atoms with Gasteiger partial charge in [0, 0.05) is 49.0 Å². The lowest BCUT2D eigenvalue weighted by atomic mass is 10.1. The molecule has 24 heavy (non-hydrogen) atoms. The van der Waals surface area contributed by atoms with Crippen molar-refractivity contribution in [3.8, 4) is 11.4 Å². The van der Waals surface area contributed by atoms with Crippen LogP contribution in [0.5, 0.6) is 0 Å². The molecule has 2 N–H and O–H groups in total. The van der Waals surface area contributed by atoms with Gasteiger partial charge in [0.15, 0.2) is 5.82 Å². The molecule has 0 aromatic carbocycles. The zero-order valence-corrected chi connectivity index (χ0v) is 13.3. The van der Waals surface area contributed by atoms with E-state index in [9.17, 15) is 0 Å². The fraction of sp³-hybridized carbons (Fsp3) is 0.294. The molecule has 0 unspecified atom stereocenters.